The molecule has 29 heavy (non-hydrogen) atoms. The van der Waals surface area contributed by atoms with Gasteiger partial charge in [-0.05, 0) is 52.0 Å². The number of carbonyl (C=O) groups excluding carboxylic acids is 1. The lowest BCUT2D eigenvalue weighted by Crippen LogP contribution is -2.29. The summed E-state index contributed by atoms with van der Waals surface area (Å²) in [5.74, 6) is -0.226. The number of thiophene rings is 1. The maximum Gasteiger partial charge on any atom is 0.270 e. The Labute approximate surface area is 173 Å². The monoisotopic (exact) mass is 405 g/mol. The molecule has 0 saturated heterocycles. The highest BCUT2D eigenvalue weighted by molar-refractivity contribution is 7.12. The van der Waals surface area contributed by atoms with Crippen LogP contribution < -0.4 is 10.9 Å². The molecule has 148 valence electrons. The molecule has 0 saturated carbocycles. The number of aromatic nitrogens is 3. The second-order valence-corrected chi connectivity index (χ2v) is 8.71. The third kappa shape index (κ3) is 3.73. The first-order valence-electron chi connectivity index (χ1n) is 9.51. The van der Waals surface area contributed by atoms with Crippen LogP contribution in [-0.2, 0) is 0 Å². The van der Waals surface area contributed by atoms with E-state index in [1.165, 1.54) is 9.75 Å². The van der Waals surface area contributed by atoms with Crippen LogP contribution in [0.2, 0.25) is 0 Å². The largest absolute Gasteiger partial charge is 0.298 e. The molecule has 6 nitrogen and oxygen atoms in total. The number of hydrogen-bond acceptors (Lipinski definition) is 5. The lowest BCUT2D eigenvalue weighted by molar-refractivity contribution is 0.0964. The van der Waals surface area contributed by atoms with Crippen LogP contribution in [0.15, 0.2) is 48.7 Å². The molecule has 1 aromatic carbocycles. The average Bonchev–Trinajstić information content (AvgIpc) is 3.28. The average molecular weight is 406 g/mol. The van der Waals surface area contributed by atoms with Gasteiger partial charge in [-0.15, -0.1) is 11.3 Å². The molecule has 4 rings (SSSR count). The number of fused-ring (bicyclic) bond motifs is 1. The fourth-order valence-electron chi connectivity index (χ4n) is 3.32. The van der Waals surface area contributed by atoms with Crippen molar-refractivity contribution < 1.29 is 4.79 Å². The highest BCUT2D eigenvalue weighted by Crippen LogP contribution is 2.32. The van der Waals surface area contributed by atoms with Crippen molar-refractivity contribution in [3.63, 3.8) is 0 Å². The fraction of sp³-hybridized carbons (Fsp3) is 0.227. The molecule has 0 aliphatic carbocycles. The Morgan fingerprint density at radius 1 is 1.14 bits per heavy atom. The lowest BCUT2D eigenvalue weighted by atomic mass is 10.1. The summed E-state index contributed by atoms with van der Waals surface area (Å²) in [5.41, 5.74) is 9.67. The SMILES string of the molecule is Cc1cc(-c2cc(C(=O)NNc3ccccc3)c3cnn(C(C)C)c3n2)c(C)s1. The number of nitrogens with one attached hydrogen (secondary N) is 2. The summed E-state index contributed by atoms with van der Waals surface area (Å²) in [6.07, 6.45) is 1.72. The van der Waals surface area contributed by atoms with Crippen molar-refractivity contribution in [2.45, 2.75) is 33.7 Å². The molecule has 0 atom stereocenters. The molecule has 3 heterocycles. The highest BCUT2D eigenvalue weighted by atomic mass is 32.1. The number of hydrazine groups is 1. The molecule has 3 aromatic heterocycles. The van der Waals surface area contributed by atoms with Crippen LogP contribution in [0.25, 0.3) is 22.3 Å². The summed E-state index contributed by atoms with van der Waals surface area (Å²) < 4.78 is 1.86. The van der Waals surface area contributed by atoms with Crippen molar-refractivity contribution in [3.8, 4) is 11.3 Å². The third-order valence-corrected chi connectivity index (χ3v) is 5.68. The van der Waals surface area contributed by atoms with Crippen molar-refractivity contribution >= 4 is 34.0 Å². The van der Waals surface area contributed by atoms with Gasteiger partial charge in [0.2, 0.25) is 0 Å². The van der Waals surface area contributed by atoms with E-state index in [2.05, 4.69) is 49.7 Å². The Hall–Kier alpha value is -3.19. The molecule has 2 N–H and O–H groups in total. The zero-order valence-electron chi connectivity index (χ0n) is 16.9. The van der Waals surface area contributed by atoms with Gasteiger partial charge >= 0.3 is 0 Å². The van der Waals surface area contributed by atoms with Crippen molar-refractivity contribution in [1.82, 2.24) is 20.2 Å². The number of anilines is 1. The number of hydrogen-bond donors (Lipinski definition) is 2. The molecular weight excluding hydrogens is 382 g/mol. The molecule has 7 heteroatoms. The van der Waals surface area contributed by atoms with Crippen LogP contribution in [-0.4, -0.2) is 20.7 Å². The summed E-state index contributed by atoms with van der Waals surface area (Å²) in [7, 11) is 0. The van der Waals surface area contributed by atoms with Crippen molar-refractivity contribution in [2.24, 2.45) is 0 Å². The molecule has 0 fully saturated rings. The summed E-state index contributed by atoms with van der Waals surface area (Å²) in [6, 6.07) is 13.6. The van der Waals surface area contributed by atoms with Gasteiger partial charge in [-0.2, -0.15) is 5.10 Å². The number of rotatable bonds is 5. The van der Waals surface area contributed by atoms with Crippen molar-refractivity contribution in [2.75, 3.05) is 5.43 Å². The zero-order chi connectivity index (χ0) is 20.5. The number of nitrogens with zero attached hydrogens (tertiary/aromatic N) is 3. The van der Waals surface area contributed by atoms with Crippen LogP contribution in [0.5, 0.6) is 0 Å². The van der Waals surface area contributed by atoms with Gasteiger partial charge in [0, 0.05) is 21.4 Å². The summed E-state index contributed by atoms with van der Waals surface area (Å²) in [4.78, 5) is 20.3. The van der Waals surface area contributed by atoms with E-state index in [0.29, 0.717) is 11.2 Å². The summed E-state index contributed by atoms with van der Waals surface area (Å²) >= 11 is 1.73. The quantitative estimate of drug-likeness (QED) is 0.452. The van der Waals surface area contributed by atoms with Gasteiger partial charge in [-0.25, -0.2) is 9.67 Å². The van der Waals surface area contributed by atoms with Gasteiger partial charge in [-0.1, -0.05) is 18.2 Å². The molecule has 1 amide bonds. The second kappa shape index (κ2) is 7.67. The fourth-order valence-corrected chi connectivity index (χ4v) is 4.26. The van der Waals surface area contributed by atoms with Crippen LogP contribution >= 0.6 is 11.3 Å². The Balaban J connectivity index is 1.79. The highest BCUT2D eigenvalue weighted by Gasteiger charge is 2.19. The van der Waals surface area contributed by atoms with Gasteiger partial charge in [0.15, 0.2) is 5.65 Å². The minimum Gasteiger partial charge on any atom is -0.298 e. The van der Waals surface area contributed by atoms with E-state index >= 15 is 0 Å². The molecule has 4 aromatic rings. The van der Waals surface area contributed by atoms with Crippen molar-refractivity contribution in [3.05, 3.63) is 64.0 Å². The number of benzene rings is 1. The van der Waals surface area contributed by atoms with Gasteiger partial charge in [0.1, 0.15) is 0 Å². The van der Waals surface area contributed by atoms with E-state index in [0.717, 1.165) is 22.3 Å². The Morgan fingerprint density at radius 3 is 2.55 bits per heavy atom. The van der Waals surface area contributed by atoms with Crippen LogP contribution in [0.4, 0.5) is 5.69 Å². The van der Waals surface area contributed by atoms with Gasteiger partial charge in [0.25, 0.3) is 5.91 Å². The Kier molecular flexibility index (Phi) is 5.07. The molecule has 0 unspecified atom stereocenters. The third-order valence-electron chi connectivity index (χ3n) is 4.71. The maximum absolute atomic E-state index is 13.0. The predicted octanol–water partition coefficient (Wildman–Crippen LogP) is 5.11. The second-order valence-electron chi connectivity index (χ2n) is 7.25. The van der Waals surface area contributed by atoms with E-state index in [-0.39, 0.29) is 11.9 Å². The first kappa shape index (κ1) is 19.1. The van der Waals surface area contributed by atoms with Gasteiger partial charge in [-0.3, -0.25) is 15.6 Å². The minimum absolute atomic E-state index is 0.138. The number of pyridine rings is 1. The molecule has 0 radical (unpaired) electrons. The smallest absolute Gasteiger partial charge is 0.270 e. The molecule has 0 bridgehead atoms. The van der Waals surface area contributed by atoms with Crippen LogP contribution in [0.3, 0.4) is 0 Å². The first-order valence-corrected chi connectivity index (χ1v) is 10.3. The van der Waals surface area contributed by atoms with Crippen LogP contribution in [0.1, 0.15) is 40.0 Å². The number of carbonyl (C=O) groups is 1. The lowest BCUT2D eigenvalue weighted by Gasteiger charge is -2.12. The van der Waals surface area contributed by atoms with Gasteiger partial charge in [0.05, 0.1) is 28.5 Å². The molecular formula is C22H23N5OS. The van der Waals surface area contributed by atoms with E-state index in [1.807, 2.05) is 41.1 Å². The van der Waals surface area contributed by atoms with E-state index < -0.39 is 0 Å². The van der Waals surface area contributed by atoms with E-state index in [4.69, 9.17) is 4.98 Å². The van der Waals surface area contributed by atoms with Crippen molar-refractivity contribution in [1.29, 1.82) is 0 Å². The molecule has 0 aliphatic rings. The first-order chi connectivity index (χ1) is 13.9. The predicted molar refractivity (Wildman–Crippen MR) is 118 cm³/mol. The maximum atomic E-state index is 13.0. The normalized spacial score (nSPS) is 11.2. The standard InChI is InChI=1S/C22H23N5OS/c1-13(2)27-21-19(12-23-27)18(22(28)26-25-16-8-6-5-7-9-16)11-20(24-21)17-10-14(3)29-15(17)4/h5-13,25H,1-4H3,(H,26,28). The summed E-state index contributed by atoms with van der Waals surface area (Å²) in [5, 5.41) is 5.21. The van der Waals surface area contributed by atoms with Crippen LogP contribution in [0, 0.1) is 13.8 Å². The molecule has 0 aliphatic heterocycles. The Morgan fingerprint density at radius 2 is 1.90 bits per heavy atom. The molecule has 0 spiro atoms. The Bertz CT molecular complexity index is 1180. The number of amides is 1. The summed E-state index contributed by atoms with van der Waals surface area (Å²) in [6.45, 7) is 8.26. The number of para-hydroxylation sites is 1. The zero-order valence-corrected chi connectivity index (χ0v) is 17.7. The minimum atomic E-state index is -0.226. The number of aryl methyl sites for hydroxylation is 2. The van der Waals surface area contributed by atoms with E-state index in [1.54, 1.807) is 17.5 Å². The van der Waals surface area contributed by atoms with E-state index in [9.17, 15) is 4.79 Å². The topological polar surface area (TPSA) is 71.8 Å². The van der Waals surface area contributed by atoms with Gasteiger partial charge < -0.3 is 0 Å².